The van der Waals surface area contributed by atoms with Gasteiger partial charge in [0.15, 0.2) is 0 Å². The first-order chi connectivity index (χ1) is 8.25. The summed E-state index contributed by atoms with van der Waals surface area (Å²) in [5.74, 6) is 0.572. The number of rotatable bonds is 3. The summed E-state index contributed by atoms with van der Waals surface area (Å²) in [4.78, 5) is 13.5. The topological polar surface area (TPSA) is 50.8 Å². The second-order valence-corrected chi connectivity index (χ2v) is 4.93. The quantitative estimate of drug-likeness (QED) is 0.797. The van der Waals surface area contributed by atoms with Gasteiger partial charge in [-0.2, -0.15) is 0 Å². The molecule has 0 radical (unpaired) electrons. The molecule has 1 amide bonds. The summed E-state index contributed by atoms with van der Waals surface area (Å²) in [7, 11) is 1.82. The van der Waals surface area contributed by atoms with Crippen molar-refractivity contribution in [3.05, 3.63) is 0 Å². The number of carbonyl (C=O) groups is 1. The molecule has 1 N–H and O–H groups in total. The van der Waals surface area contributed by atoms with Crippen LogP contribution in [0.25, 0.3) is 0 Å². The van der Waals surface area contributed by atoms with E-state index in [1.807, 2.05) is 7.05 Å². The second kappa shape index (κ2) is 6.21. The molecule has 0 unspecified atom stereocenters. The molecule has 17 heavy (non-hydrogen) atoms. The molecule has 1 atom stereocenters. The van der Waals surface area contributed by atoms with Gasteiger partial charge in [-0.1, -0.05) is 0 Å². The normalized spacial score (nSPS) is 25.8. The molecule has 0 aromatic carbocycles. The van der Waals surface area contributed by atoms with Crippen molar-refractivity contribution in [1.29, 1.82) is 0 Å². The Morgan fingerprint density at radius 3 is 2.82 bits per heavy atom. The average Bonchev–Trinajstić information content (AvgIpc) is 2.83. The lowest BCUT2D eigenvalue weighted by Crippen LogP contribution is -2.36. The number of amides is 1. The summed E-state index contributed by atoms with van der Waals surface area (Å²) < 4.78 is 10.7. The van der Waals surface area contributed by atoms with Gasteiger partial charge in [0.05, 0.1) is 13.2 Å². The van der Waals surface area contributed by atoms with E-state index in [1.54, 1.807) is 4.90 Å². The zero-order chi connectivity index (χ0) is 12.1. The van der Waals surface area contributed by atoms with Crippen molar-refractivity contribution in [3.63, 3.8) is 0 Å². The van der Waals surface area contributed by atoms with Crippen molar-refractivity contribution in [2.75, 3.05) is 39.9 Å². The predicted molar refractivity (Wildman–Crippen MR) is 63.9 cm³/mol. The van der Waals surface area contributed by atoms with E-state index in [1.165, 1.54) is 0 Å². The Kier molecular flexibility index (Phi) is 4.62. The SMILES string of the molecule is CN(C[C@H]1CCNC1)C(=O)OC1CCOCC1. The third-order valence-electron chi connectivity index (χ3n) is 3.44. The number of carbonyl (C=O) groups excluding carboxylic acids is 1. The largest absolute Gasteiger partial charge is 0.446 e. The van der Waals surface area contributed by atoms with Gasteiger partial charge in [0.2, 0.25) is 0 Å². The van der Waals surface area contributed by atoms with Crippen LogP contribution in [0.4, 0.5) is 4.79 Å². The Balaban J connectivity index is 1.70. The van der Waals surface area contributed by atoms with Gasteiger partial charge in [-0.3, -0.25) is 0 Å². The summed E-state index contributed by atoms with van der Waals surface area (Å²) in [6.07, 6.45) is 2.65. The Bertz CT molecular complexity index is 248. The summed E-state index contributed by atoms with van der Waals surface area (Å²) in [5, 5.41) is 3.30. The first-order valence-corrected chi connectivity index (χ1v) is 6.46. The molecule has 0 aromatic heterocycles. The highest BCUT2D eigenvalue weighted by molar-refractivity contribution is 5.67. The fraction of sp³-hybridized carbons (Fsp3) is 0.917. The lowest BCUT2D eigenvalue weighted by Gasteiger charge is -2.26. The second-order valence-electron chi connectivity index (χ2n) is 4.93. The maximum Gasteiger partial charge on any atom is 0.409 e. The average molecular weight is 242 g/mol. The Hall–Kier alpha value is -0.810. The third-order valence-corrected chi connectivity index (χ3v) is 3.44. The van der Waals surface area contributed by atoms with Crippen molar-refractivity contribution >= 4 is 6.09 Å². The molecule has 5 heteroatoms. The highest BCUT2D eigenvalue weighted by Gasteiger charge is 2.23. The van der Waals surface area contributed by atoms with Gasteiger partial charge in [-0.25, -0.2) is 4.79 Å². The predicted octanol–water partition coefficient (Wildman–Crippen LogP) is 0.843. The maximum absolute atomic E-state index is 11.8. The van der Waals surface area contributed by atoms with Gasteiger partial charge in [-0.05, 0) is 25.4 Å². The molecule has 0 aliphatic carbocycles. The molecule has 5 nitrogen and oxygen atoms in total. The summed E-state index contributed by atoms with van der Waals surface area (Å²) in [5.41, 5.74) is 0. The van der Waals surface area contributed by atoms with Crippen molar-refractivity contribution in [2.24, 2.45) is 5.92 Å². The van der Waals surface area contributed by atoms with E-state index in [9.17, 15) is 4.79 Å². The third kappa shape index (κ3) is 3.85. The molecule has 2 saturated heterocycles. The van der Waals surface area contributed by atoms with Gasteiger partial charge in [0.25, 0.3) is 0 Å². The molecule has 2 fully saturated rings. The lowest BCUT2D eigenvalue weighted by atomic mass is 10.1. The van der Waals surface area contributed by atoms with Gasteiger partial charge >= 0.3 is 6.09 Å². The van der Waals surface area contributed by atoms with Crippen LogP contribution in [0.1, 0.15) is 19.3 Å². The van der Waals surface area contributed by atoms with Crippen LogP contribution in [0.3, 0.4) is 0 Å². The Morgan fingerprint density at radius 2 is 2.18 bits per heavy atom. The number of hydrogen-bond donors (Lipinski definition) is 1. The molecule has 98 valence electrons. The van der Waals surface area contributed by atoms with Crippen LogP contribution < -0.4 is 5.32 Å². The van der Waals surface area contributed by atoms with E-state index < -0.39 is 0 Å². The minimum absolute atomic E-state index is 0.0420. The minimum Gasteiger partial charge on any atom is -0.446 e. The molecular weight excluding hydrogens is 220 g/mol. The first-order valence-electron chi connectivity index (χ1n) is 6.46. The van der Waals surface area contributed by atoms with Crippen LogP contribution in [0.2, 0.25) is 0 Å². The van der Waals surface area contributed by atoms with Crippen LogP contribution in [0.5, 0.6) is 0 Å². The lowest BCUT2D eigenvalue weighted by molar-refractivity contribution is -0.00892. The maximum atomic E-state index is 11.8. The molecule has 0 spiro atoms. The van der Waals surface area contributed by atoms with Crippen LogP contribution in [0.15, 0.2) is 0 Å². The summed E-state index contributed by atoms with van der Waals surface area (Å²) >= 11 is 0. The van der Waals surface area contributed by atoms with Crippen LogP contribution in [-0.4, -0.2) is 57.0 Å². The molecule has 2 rings (SSSR count). The first kappa shape index (κ1) is 12.6. The zero-order valence-corrected chi connectivity index (χ0v) is 10.5. The van der Waals surface area contributed by atoms with Crippen molar-refractivity contribution in [3.8, 4) is 0 Å². The van der Waals surface area contributed by atoms with Gasteiger partial charge < -0.3 is 19.7 Å². The van der Waals surface area contributed by atoms with Crippen molar-refractivity contribution in [2.45, 2.75) is 25.4 Å². The fourth-order valence-corrected chi connectivity index (χ4v) is 2.36. The molecule has 0 saturated carbocycles. The standard InChI is InChI=1S/C12H22N2O3/c1-14(9-10-2-5-13-8-10)12(15)17-11-3-6-16-7-4-11/h10-11,13H,2-9H2,1H3/t10-/m0/s1. The minimum atomic E-state index is -0.191. The molecule has 2 aliphatic rings. The van der Waals surface area contributed by atoms with E-state index in [4.69, 9.17) is 9.47 Å². The van der Waals surface area contributed by atoms with Gasteiger partial charge in [-0.15, -0.1) is 0 Å². The number of nitrogens with one attached hydrogen (secondary N) is 1. The highest BCUT2D eigenvalue weighted by Crippen LogP contribution is 2.14. The Labute approximate surface area is 102 Å². The van der Waals surface area contributed by atoms with Crippen molar-refractivity contribution < 1.29 is 14.3 Å². The summed E-state index contributed by atoms with van der Waals surface area (Å²) in [6.45, 7) is 4.26. The van der Waals surface area contributed by atoms with E-state index in [-0.39, 0.29) is 12.2 Å². The van der Waals surface area contributed by atoms with E-state index >= 15 is 0 Å². The number of hydrogen-bond acceptors (Lipinski definition) is 4. The zero-order valence-electron chi connectivity index (χ0n) is 10.5. The van der Waals surface area contributed by atoms with E-state index in [0.29, 0.717) is 19.1 Å². The van der Waals surface area contributed by atoms with E-state index in [0.717, 1.165) is 38.9 Å². The highest BCUT2D eigenvalue weighted by atomic mass is 16.6. The smallest absolute Gasteiger partial charge is 0.409 e. The van der Waals surface area contributed by atoms with Crippen LogP contribution in [0, 0.1) is 5.92 Å². The molecule has 0 bridgehead atoms. The monoisotopic (exact) mass is 242 g/mol. The molecule has 2 heterocycles. The Morgan fingerprint density at radius 1 is 1.41 bits per heavy atom. The molecular formula is C12H22N2O3. The molecule has 0 aromatic rings. The van der Waals surface area contributed by atoms with Crippen LogP contribution >= 0.6 is 0 Å². The van der Waals surface area contributed by atoms with Gasteiger partial charge in [0.1, 0.15) is 6.10 Å². The summed E-state index contributed by atoms with van der Waals surface area (Å²) in [6, 6.07) is 0. The van der Waals surface area contributed by atoms with E-state index in [2.05, 4.69) is 5.32 Å². The van der Waals surface area contributed by atoms with Crippen molar-refractivity contribution in [1.82, 2.24) is 10.2 Å². The molecule has 2 aliphatic heterocycles. The van der Waals surface area contributed by atoms with Gasteiger partial charge in [0, 0.05) is 26.4 Å². The fourth-order valence-electron chi connectivity index (χ4n) is 2.36. The number of ether oxygens (including phenoxy) is 2. The van der Waals surface area contributed by atoms with Crippen LogP contribution in [-0.2, 0) is 9.47 Å². The number of nitrogens with zero attached hydrogens (tertiary/aromatic N) is 1.